The maximum absolute atomic E-state index is 12.0. The van der Waals surface area contributed by atoms with Crippen LogP contribution in [0, 0.1) is 5.92 Å². The van der Waals surface area contributed by atoms with Crippen molar-refractivity contribution in [2.75, 3.05) is 20.2 Å². The fourth-order valence-electron chi connectivity index (χ4n) is 0.946. The van der Waals surface area contributed by atoms with E-state index in [1.807, 2.05) is 0 Å². The summed E-state index contributed by atoms with van der Waals surface area (Å²) in [5.74, 6) is -6.18. The average Bonchev–Trinajstić information content (AvgIpc) is 1.98. The summed E-state index contributed by atoms with van der Waals surface area (Å²) in [5.41, 5.74) is 0. The molecule has 16 heavy (non-hydrogen) atoms. The lowest BCUT2D eigenvalue weighted by Gasteiger charge is -2.26. The first-order valence-electron chi connectivity index (χ1n) is 4.01. The molecule has 0 heterocycles. The molecular formula is C7H9F6NO2. The lowest BCUT2D eigenvalue weighted by atomic mass is 10.1. The second-order valence-electron chi connectivity index (χ2n) is 3.00. The van der Waals surface area contributed by atoms with Gasteiger partial charge in [0, 0.05) is 13.6 Å². The third kappa shape index (κ3) is 3.87. The zero-order chi connectivity index (χ0) is 13.1. The molecule has 0 aliphatic carbocycles. The number of nitrogens with zero attached hydrogens (tertiary/aromatic N) is 1. The van der Waals surface area contributed by atoms with Gasteiger partial charge in [-0.05, 0) is 0 Å². The van der Waals surface area contributed by atoms with Crippen molar-refractivity contribution in [3.8, 4) is 0 Å². The van der Waals surface area contributed by atoms with Gasteiger partial charge in [-0.2, -0.15) is 26.3 Å². The number of aliphatic hydroxyl groups excluding tert-OH is 1. The number of alkyl halides is 6. The summed E-state index contributed by atoms with van der Waals surface area (Å²) in [4.78, 5) is 11.1. The molecule has 9 heteroatoms. The highest BCUT2D eigenvalue weighted by Gasteiger charge is 2.61. The van der Waals surface area contributed by atoms with Crippen molar-refractivity contribution in [2.24, 2.45) is 5.92 Å². The standard InChI is InChI=1S/C7H9F6NO2/c1-14(2-3-15)5(16)4(6(8,9)10)7(11,12)13/h4,15H,2-3H2,1H3. The quantitative estimate of drug-likeness (QED) is 0.767. The van der Waals surface area contributed by atoms with Crippen LogP contribution in [0.1, 0.15) is 0 Å². The number of carbonyl (C=O) groups excluding carboxylic acids is 1. The summed E-state index contributed by atoms with van der Waals surface area (Å²) in [6, 6.07) is 0. The molecule has 0 radical (unpaired) electrons. The molecule has 3 nitrogen and oxygen atoms in total. The number of rotatable bonds is 3. The Kier molecular flexibility index (Phi) is 4.59. The SMILES string of the molecule is CN(CCO)C(=O)C(C(F)(F)F)C(F)(F)F. The van der Waals surface area contributed by atoms with Crippen LogP contribution in [0.25, 0.3) is 0 Å². The largest absolute Gasteiger partial charge is 0.409 e. The Morgan fingerprint density at radius 1 is 1.19 bits per heavy atom. The third-order valence-corrected chi connectivity index (χ3v) is 1.71. The number of likely N-dealkylation sites (N-methyl/N-ethyl adjacent to an activating group) is 1. The van der Waals surface area contributed by atoms with E-state index < -0.39 is 37.3 Å². The summed E-state index contributed by atoms with van der Waals surface area (Å²) in [7, 11) is 0.753. The Labute approximate surface area is 86.6 Å². The Morgan fingerprint density at radius 2 is 1.56 bits per heavy atom. The fourth-order valence-corrected chi connectivity index (χ4v) is 0.946. The van der Waals surface area contributed by atoms with Gasteiger partial charge in [-0.15, -0.1) is 0 Å². The first kappa shape index (κ1) is 15.0. The zero-order valence-electron chi connectivity index (χ0n) is 8.06. The predicted octanol–water partition coefficient (Wildman–Crippen LogP) is 1.18. The molecule has 1 amide bonds. The Hall–Kier alpha value is -0.990. The minimum Gasteiger partial charge on any atom is -0.395 e. The van der Waals surface area contributed by atoms with Gasteiger partial charge in [-0.1, -0.05) is 0 Å². The minimum atomic E-state index is -5.70. The number of amides is 1. The molecule has 0 spiro atoms. The van der Waals surface area contributed by atoms with Crippen LogP contribution in [0.5, 0.6) is 0 Å². The van der Waals surface area contributed by atoms with Crippen LogP contribution in [-0.4, -0.2) is 48.5 Å². The van der Waals surface area contributed by atoms with Gasteiger partial charge in [0.15, 0.2) is 0 Å². The highest BCUT2D eigenvalue weighted by atomic mass is 19.4. The van der Waals surface area contributed by atoms with E-state index in [4.69, 9.17) is 5.11 Å². The van der Waals surface area contributed by atoms with E-state index in [9.17, 15) is 31.1 Å². The highest BCUT2D eigenvalue weighted by Crippen LogP contribution is 2.40. The molecule has 1 N–H and O–H groups in total. The Balaban J connectivity index is 5.00. The van der Waals surface area contributed by atoms with E-state index in [1.54, 1.807) is 0 Å². The van der Waals surface area contributed by atoms with Crippen molar-refractivity contribution in [1.29, 1.82) is 0 Å². The predicted molar refractivity (Wildman–Crippen MR) is 40.3 cm³/mol. The van der Waals surface area contributed by atoms with E-state index >= 15 is 0 Å². The maximum Gasteiger partial charge on any atom is 0.409 e. The molecule has 0 aromatic rings. The molecule has 0 aliphatic rings. The first-order chi connectivity index (χ1) is 7.01. The summed E-state index contributed by atoms with van der Waals surface area (Å²) in [5, 5.41) is 8.32. The van der Waals surface area contributed by atoms with Gasteiger partial charge in [0.1, 0.15) is 0 Å². The summed E-state index contributed by atoms with van der Waals surface area (Å²) < 4.78 is 72.2. The molecule has 0 bridgehead atoms. The average molecular weight is 253 g/mol. The van der Waals surface area contributed by atoms with Crippen molar-refractivity contribution in [1.82, 2.24) is 4.90 Å². The van der Waals surface area contributed by atoms with E-state index in [2.05, 4.69) is 0 Å². The van der Waals surface area contributed by atoms with Gasteiger partial charge in [0.05, 0.1) is 6.61 Å². The number of aliphatic hydroxyl groups is 1. The van der Waals surface area contributed by atoms with Crippen molar-refractivity contribution in [2.45, 2.75) is 12.4 Å². The summed E-state index contributed by atoms with van der Waals surface area (Å²) >= 11 is 0. The molecule has 0 saturated carbocycles. The maximum atomic E-state index is 12.0. The lowest BCUT2D eigenvalue weighted by Crippen LogP contribution is -2.49. The van der Waals surface area contributed by atoms with E-state index in [-0.39, 0.29) is 4.90 Å². The van der Waals surface area contributed by atoms with Crippen molar-refractivity contribution >= 4 is 5.91 Å². The number of halogens is 6. The van der Waals surface area contributed by atoms with Crippen molar-refractivity contribution in [3.05, 3.63) is 0 Å². The topological polar surface area (TPSA) is 40.5 Å². The lowest BCUT2D eigenvalue weighted by molar-refractivity contribution is -0.277. The molecule has 96 valence electrons. The van der Waals surface area contributed by atoms with Crippen LogP contribution in [0.15, 0.2) is 0 Å². The second kappa shape index (κ2) is 4.89. The molecule has 0 rings (SSSR count). The third-order valence-electron chi connectivity index (χ3n) is 1.71. The van der Waals surface area contributed by atoms with E-state index in [0.29, 0.717) is 0 Å². The number of hydrogen-bond acceptors (Lipinski definition) is 2. The molecule has 0 aromatic heterocycles. The number of carbonyl (C=O) groups is 1. The van der Waals surface area contributed by atoms with Crippen molar-refractivity contribution in [3.63, 3.8) is 0 Å². The minimum absolute atomic E-state index is 0.186. The van der Waals surface area contributed by atoms with E-state index in [1.165, 1.54) is 0 Å². The molecule has 0 aromatic carbocycles. The van der Waals surface area contributed by atoms with Crippen molar-refractivity contribution < 1.29 is 36.2 Å². The van der Waals surface area contributed by atoms with Gasteiger partial charge in [0.2, 0.25) is 11.8 Å². The van der Waals surface area contributed by atoms with E-state index in [0.717, 1.165) is 7.05 Å². The van der Waals surface area contributed by atoms with Gasteiger partial charge >= 0.3 is 12.4 Å². The first-order valence-corrected chi connectivity index (χ1v) is 4.01. The molecular weight excluding hydrogens is 244 g/mol. The van der Waals surface area contributed by atoms with Crippen LogP contribution < -0.4 is 0 Å². The molecule has 0 saturated heterocycles. The Bertz CT molecular complexity index is 234. The van der Waals surface area contributed by atoms with Crippen LogP contribution in [0.3, 0.4) is 0 Å². The monoisotopic (exact) mass is 253 g/mol. The summed E-state index contributed by atoms with van der Waals surface area (Å²) in [6.45, 7) is -1.31. The molecule has 0 fully saturated rings. The molecule has 0 unspecified atom stereocenters. The number of hydrogen-bond donors (Lipinski definition) is 1. The van der Waals surface area contributed by atoms with Crippen LogP contribution >= 0.6 is 0 Å². The normalized spacial score (nSPS) is 13.1. The van der Waals surface area contributed by atoms with Gasteiger partial charge in [0.25, 0.3) is 0 Å². The molecule has 0 aliphatic heterocycles. The highest BCUT2D eigenvalue weighted by molar-refractivity contribution is 5.80. The molecule has 0 atom stereocenters. The van der Waals surface area contributed by atoms with Crippen LogP contribution in [-0.2, 0) is 4.79 Å². The second-order valence-corrected chi connectivity index (χ2v) is 3.00. The fraction of sp³-hybridized carbons (Fsp3) is 0.857. The van der Waals surface area contributed by atoms with Gasteiger partial charge in [-0.3, -0.25) is 4.79 Å². The Morgan fingerprint density at radius 3 is 1.81 bits per heavy atom. The van der Waals surface area contributed by atoms with Crippen LogP contribution in [0.2, 0.25) is 0 Å². The van der Waals surface area contributed by atoms with Gasteiger partial charge in [-0.25, -0.2) is 0 Å². The zero-order valence-corrected chi connectivity index (χ0v) is 8.06. The van der Waals surface area contributed by atoms with Crippen LogP contribution in [0.4, 0.5) is 26.3 Å². The summed E-state index contributed by atoms with van der Waals surface area (Å²) in [6.07, 6.45) is -11.4. The van der Waals surface area contributed by atoms with Gasteiger partial charge < -0.3 is 10.0 Å². The smallest absolute Gasteiger partial charge is 0.395 e.